The molecule has 1 aromatic carbocycles. The van der Waals surface area contributed by atoms with E-state index >= 15 is 0 Å². The highest BCUT2D eigenvalue weighted by Crippen LogP contribution is 2.28. The SMILES string of the molecule is C[C@@H](c1cccc(-c2cnc3cccnn23)c1)N1CCCC1. The number of hydrogen-bond donors (Lipinski definition) is 0. The third-order valence-corrected chi connectivity index (χ3v) is 4.63. The van der Waals surface area contributed by atoms with Crippen molar-refractivity contribution in [2.45, 2.75) is 25.8 Å². The zero-order chi connectivity index (χ0) is 14.9. The molecule has 1 saturated heterocycles. The van der Waals surface area contributed by atoms with Gasteiger partial charge >= 0.3 is 0 Å². The molecule has 4 heteroatoms. The van der Waals surface area contributed by atoms with E-state index in [1.165, 1.54) is 37.1 Å². The molecule has 3 aromatic rings. The average molecular weight is 292 g/mol. The van der Waals surface area contributed by atoms with Crippen LogP contribution in [0.2, 0.25) is 0 Å². The second-order valence-electron chi connectivity index (χ2n) is 5.98. The zero-order valence-corrected chi connectivity index (χ0v) is 12.8. The lowest BCUT2D eigenvalue weighted by Crippen LogP contribution is -2.23. The van der Waals surface area contributed by atoms with Gasteiger partial charge in [0.25, 0.3) is 0 Å². The van der Waals surface area contributed by atoms with Gasteiger partial charge in [-0.05, 0) is 56.6 Å². The largest absolute Gasteiger partial charge is 0.297 e. The highest BCUT2D eigenvalue weighted by Gasteiger charge is 2.19. The topological polar surface area (TPSA) is 33.4 Å². The first kappa shape index (κ1) is 13.5. The molecule has 4 rings (SSSR count). The van der Waals surface area contributed by atoms with Crippen LogP contribution in [0.15, 0.2) is 48.8 Å². The third kappa shape index (κ3) is 2.29. The van der Waals surface area contributed by atoms with E-state index in [1.807, 2.05) is 22.8 Å². The molecule has 2 aromatic heterocycles. The molecule has 1 fully saturated rings. The van der Waals surface area contributed by atoms with Gasteiger partial charge in [-0.15, -0.1) is 0 Å². The van der Waals surface area contributed by atoms with Gasteiger partial charge in [0.2, 0.25) is 0 Å². The Labute approximate surface area is 130 Å². The van der Waals surface area contributed by atoms with Gasteiger partial charge in [-0.1, -0.05) is 18.2 Å². The summed E-state index contributed by atoms with van der Waals surface area (Å²) >= 11 is 0. The first-order valence-electron chi connectivity index (χ1n) is 7.96. The number of rotatable bonds is 3. The molecule has 0 bridgehead atoms. The van der Waals surface area contributed by atoms with E-state index in [-0.39, 0.29) is 0 Å². The van der Waals surface area contributed by atoms with E-state index in [9.17, 15) is 0 Å². The summed E-state index contributed by atoms with van der Waals surface area (Å²) in [5.74, 6) is 0. The number of benzene rings is 1. The van der Waals surface area contributed by atoms with Gasteiger partial charge in [0.15, 0.2) is 5.65 Å². The lowest BCUT2D eigenvalue weighted by atomic mass is 10.0. The van der Waals surface area contributed by atoms with Crippen molar-refractivity contribution in [2.75, 3.05) is 13.1 Å². The van der Waals surface area contributed by atoms with Crippen molar-refractivity contribution in [2.24, 2.45) is 0 Å². The molecule has 0 radical (unpaired) electrons. The van der Waals surface area contributed by atoms with Crippen LogP contribution in [0.5, 0.6) is 0 Å². The first-order chi connectivity index (χ1) is 10.8. The predicted octanol–water partition coefficient (Wildman–Crippen LogP) is 3.55. The van der Waals surface area contributed by atoms with Crippen LogP contribution in [-0.4, -0.2) is 32.6 Å². The zero-order valence-electron chi connectivity index (χ0n) is 12.8. The molecule has 1 aliphatic heterocycles. The van der Waals surface area contributed by atoms with Crippen LogP contribution in [-0.2, 0) is 0 Å². The maximum atomic E-state index is 4.44. The van der Waals surface area contributed by atoms with Gasteiger partial charge in [-0.25, -0.2) is 9.50 Å². The van der Waals surface area contributed by atoms with Gasteiger partial charge < -0.3 is 0 Å². The van der Waals surface area contributed by atoms with E-state index in [4.69, 9.17) is 0 Å². The van der Waals surface area contributed by atoms with Gasteiger partial charge in [-0.2, -0.15) is 5.10 Å². The van der Waals surface area contributed by atoms with Gasteiger partial charge in [-0.3, -0.25) is 4.90 Å². The summed E-state index contributed by atoms with van der Waals surface area (Å²) in [4.78, 5) is 7.00. The fraction of sp³-hybridized carbons (Fsp3) is 0.333. The Balaban J connectivity index is 1.72. The number of imidazole rings is 1. The molecule has 112 valence electrons. The van der Waals surface area contributed by atoms with Crippen molar-refractivity contribution < 1.29 is 0 Å². The Morgan fingerprint density at radius 3 is 2.82 bits per heavy atom. The maximum Gasteiger partial charge on any atom is 0.154 e. The first-order valence-corrected chi connectivity index (χ1v) is 7.96. The number of hydrogen-bond acceptors (Lipinski definition) is 3. The summed E-state index contributed by atoms with van der Waals surface area (Å²) in [6.07, 6.45) is 6.35. The standard InChI is InChI=1S/C18H20N4/c1-14(21-10-2-3-11-21)15-6-4-7-16(12-15)17-13-19-18-8-5-9-20-22(17)18/h4-9,12-14H,2-3,10-11H2,1H3/t14-/m0/s1. The van der Waals surface area contributed by atoms with Crippen LogP contribution >= 0.6 is 0 Å². The lowest BCUT2D eigenvalue weighted by Gasteiger charge is -2.24. The summed E-state index contributed by atoms with van der Waals surface area (Å²) in [5.41, 5.74) is 4.47. The van der Waals surface area contributed by atoms with Crippen molar-refractivity contribution in [3.63, 3.8) is 0 Å². The highest BCUT2D eigenvalue weighted by molar-refractivity contribution is 5.63. The lowest BCUT2D eigenvalue weighted by molar-refractivity contribution is 0.263. The van der Waals surface area contributed by atoms with Crippen molar-refractivity contribution in [1.82, 2.24) is 19.5 Å². The third-order valence-electron chi connectivity index (χ3n) is 4.63. The van der Waals surface area contributed by atoms with Crippen LogP contribution in [0, 0.1) is 0 Å². The molecule has 0 spiro atoms. The highest BCUT2D eigenvalue weighted by atomic mass is 15.2. The molecule has 0 N–H and O–H groups in total. The summed E-state index contributed by atoms with van der Waals surface area (Å²) in [6, 6.07) is 13.1. The van der Waals surface area contributed by atoms with E-state index in [0.717, 1.165) is 11.3 Å². The van der Waals surface area contributed by atoms with Gasteiger partial charge in [0.1, 0.15) is 0 Å². The molecular formula is C18H20N4. The molecule has 0 unspecified atom stereocenters. The molecule has 1 atom stereocenters. The van der Waals surface area contributed by atoms with Crippen molar-refractivity contribution >= 4 is 5.65 Å². The molecule has 3 heterocycles. The predicted molar refractivity (Wildman–Crippen MR) is 87.6 cm³/mol. The minimum Gasteiger partial charge on any atom is -0.297 e. The van der Waals surface area contributed by atoms with Crippen LogP contribution in [0.1, 0.15) is 31.4 Å². The molecule has 0 saturated carbocycles. The number of aromatic nitrogens is 3. The van der Waals surface area contributed by atoms with E-state index in [0.29, 0.717) is 6.04 Å². The Hall–Kier alpha value is -2.20. The average Bonchev–Trinajstić information content (AvgIpc) is 3.24. The van der Waals surface area contributed by atoms with Crippen LogP contribution in [0.4, 0.5) is 0 Å². The van der Waals surface area contributed by atoms with Gasteiger partial charge in [0.05, 0.1) is 11.9 Å². The second kappa shape index (κ2) is 5.54. The van der Waals surface area contributed by atoms with Crippen LogP contribution < -0.4 is 0 Å². The van der Waals surface area contributed by atoms with Crippen LogP contribution in [0.3, 0.4) is 0 Å². The summed E-state index contributed by atoms with van der Waals surface area (Å²) < 4.78 is 1.90. The van der Waals surface area contributed by atoms with Crippen molar-refractivity contribution in [3.05, 3.63) is 54.4 Å². The molecule has 4 nitrogen and oxygen atoms in total. The normalized spacial score (nSPS) is 17.1. The summed E-state index contributed by atoms with van der Waals surface area (Å²) in [7, 11) is 0. The van der Waals surface area contributed by atoms with E-state index in [2.05, 4.69) is 46.2 Å². The minimum absolute atomic E-state index is 0.467. The molecular weight excluding hydrogens is 272 g/mol. The summed E-state index contributed by atoms with van der Waals surface area (Å²) in [6.45, 7) is 4.72. The second-order valence-corrected chi connectivity index (χ2v) is 5.98. The molecule has 22 heavy (non-hydrogen) atoms. The number of fused-ring (bicyclic) bond motifs is 1. The number of likely N-dealkylation sites (tertiary alicyclic amines) is 1. The number of nitrogens with zero attached hydrogens (tertiary/aromatic N) is 4. The Morgan fingerprint density at radius 1 is 1.09 bits per heavy atom. The van der Waals surface area contributed by atoms with Gasteiger partial charge in [0, 0.05) is 17.8 Å². The Kier molecular flexibility index (Phi) is 3.39. The fourth-order valence-electron chi connectivity index (χ4n) is 3.32. The monoisotopic (exact) mass is 292 g/mol. The van der Waals surface area contributed by atoms with Crippen LogP contribution in [0.25, 0.3) is 16.9 Å². The quantitative estimate of drug-likeness (QED) is 0.740. The van der Waals surface area contributed by atoms with Crippen molar-refractivity contribution in [1.29, 1.82) is 0 Å². The van der Waals surface area contributed by atoms with E-state index in [1.54, 1.807) is 6.20 Å². The minimum atomic E-state index is 0.467. The smallest absolute Gasteiger partial charge is 0.154 e. The van der Waals surface area contributed by atoms with Crippen molar-refractivity contribution in [3.8, 4) is 11.3 Å². The molecule has 0 aliphatic carbocycles. The molecule has 1 aliphatic rings. The summed E-state index contributed by atoms with van der Waals surface area (Å²) in [5, 5.41) is 4.41. The maximum absolute atomic E-state index is 4.44. The van der Waals surface area contributed by atoms with E-state index < -0.39 is 0 Å². The Morgan fingerprint density at radius 2 is 1.95 bits per heavy atom. The Bertz CT molecular complexity index is 786. The fourth-order valence-corrected chi connectivity index (χ4v) is 3.32. The molecule has 0 amide bonds.